The number of anilines is 1. The summed E-state index contributed by atoms with van der Waals surface area (Å²) in [4.78, 5) is 33.5. The lowest BCUT2D eigenvalue weighted by Gasteiger charge is -2.06. The first kappa shape index (κ1) is 16.8. The number of aromatic nitrogens is 2. The number of carbonyl (C=O) groups is 2. The Morgan fingerprint density at radius 1 is 0.960 bits per heavy atom. The first-order valence-corrected chi connectivity index (χ1v) is 8.43. The van der Waals surface area contributed by atoms with Crippen molar-refractivity contribution >= 4 is 29.0 Å². The van der Waals surface area contributed by atoms with E-state index >= 15 is 0 Å². The number of hydrogen-bond donors (Lipinski definition) is 2. The molecule has 2 N–H and O–H groups in total. The van der Waals surface area contributed by atoms with E-state index in [1.807, 2.05) is 37.3 Å². The molecule has 2 amide bonds. The van der Waals surface area contributed by atoms with Gasteiger partial charge >= 0.3 is 0 Å². The molecule has 0 spiro atoms. The van der Waals surface area contributed by atoms with Gasteiger partial charge in [-0.1, -0.05) is 36.4 Å². The maximum atomic E-state index is 12.7. The molecule has 2 aromatic heterocycles. The molecule has 7 heteroatoms. The van der Waals surface area contributed by atoms with Gasteiger partial charge in [-0.3, -0.25) is 9.59 Å². The van der Waals surface area contributed by atoms with Crippen LogP contribution in [0.15, 0.2) is 48.5 Å². The fourth-order valence-corrected chi connectivity index (χ4v) is 3.14. The van der Waals surface area contributed by atoms with Crippen molar-refractivity contribution in [2.24, 2.45) is 0 Å². The smallest absolute Gasteiger partial charge is 0.269 e. The average Bonchev–Trinajstić information content (AvgIpc) is 3.04. The van der Waals surface area contributed by atoms with Gasteiger partial charge in [-0.25, -0.2) is 9.97 Å². The van der Waals surface area contributed by atoms with E-state index in [1.165, 1.54) is 18.4 Å². The number of rotatable bonds is 4. The second-order valence-electron chi connectivity index (χ2n) is 5.22. The second-order valence-corrected chi connectivity index (χ2v) is 6.42. The molecule has 3 aromatic rings. The van der Waals surface area contributed by atoms with Crippen molar-refractivity contribution in [2.45, 2.75) is 6.92 Å². The molecule has 1 aromatic carbocycles. The molecule has 0 fully saturated rings. The Bertz CT molecular complexity index is 922. The summed E-state index contributed by atoms with van der Waals surface area (Å²) < 4.78 is 0. The average molecular weight is 352 g/mol. The minimum Gasteiger partial charge on any atom is -0.354 e. The summed E-state index contributed by atoms with van der Waals surface area (Å²) in [5, 5.41) is 6.05. The van der Waals surface area contributed by atoms with Gasteiger partial charge in [0.25, 0.3) is 11.8 Å². The van der Waals surface area contributed by atoms with E-state index in [0.717, 1.165) is 10.6 Å². The highest BCUT2D eigenvalue weighted by Crippen LogP contribution is 2.28. The molecule has 0 atom stereocenters. The lowest BCUT2D eigenvalue weighted by Crippen LogP contribution is -2.20. The van der Waals surface area contributed by atoms with Gasteiger partial charge in [0.2, 0.25) is 0 Å². The topological polar surface area (TPSA) is 84.0 Å². The van der Waals surface area contributed by atoms with Gasteiger partial charge < -0.3 is 10.6 Å². The lowest BCUT2D eigenvalue weighted by molar-refractivity contribution is 0.0956. The van der Waals surface area contributed by atoms with Crippen molar-refractivity contribution in [3.63, 3.8) is 0 Å². The van der Waals surface area contributed by atoms with Crippen molar-refractivity contribution in [2.75, 3.05) is 12.4 Å². The number of thiazole rings is 1. The molecule has 0 saturated heterocycles. The maximum absolute atomic E-state index is 12.7. The zero-order chi connectivity index (χ0) is 17.8. The van der Waals surface area contributed by atoms with Crippen LogP contribution >= 0.6 is 11.3 Å². The quantitative estimate of drug-likeness (QED) is 0.755. The molecule has 3 rings (SSSR count). The van der Waals surface area contributed by atoms with E-state index in [9.17, 15) is 9.59 Å². The summed E-state index contributed by atoms with van der Waals surface area (Å²) in [5.74, 6) is -0.295. The van der Waals surface area contributed by atoms with Gasteiger partial charge in [-0.15, -0.1) is 11.3 Å². The number of hydrogen-bond acceptors (Lipinski definition) is 5. The van der Waals surface area contributed by atoms with Crippen LogP contribution in [0.1, 0.15) is 25.2 Å². The third kappa shape index (κ3) is 3.72. The zero-order valence-electron chi connectivity index (χ0n) is 13.7. The number of nitrogens with one attached hydrogen (secondary N) is 2. The first-order valence-electron chi connectivity index (χ1n) is 7.62. The molecule has 2 heterocycles. The summed E-state index contributed by atoms with van der Waals surface area (Å²) >= 11 is 1.32. The zero-order valence-corrected chi connectivity index (χ0v) is 14.6. The van der Waals surface area contributed by atoms with Crippen molar-refractivity contribution < 1.29 is 9.59 Å². The molecule has 0 unspecified atom stereocenters. The largest absolute Gasteiger partial charge is 0.354 e. The van der Waals surface area contributed by atoms with Crippen LogP contribution in [0.4, 0.5) is 5.82 Å². The van der Waals surface area contributed by atoms with E-state index in [1.54, 1.807) is 18.2 Å². The molecule has 0 saturated carbocycles. The third-order valence-electron chi connectivity index (χ3n) is 3.44. The summed E-state index contributed by atoms with van der Waals surface area (Å²) in [6.07, 6.45) is 0. The Kier molecular flexibility index (Phi) is 4.85. The van der Waals surface area contributed by atoms with Gasteiger partial charge in [-0.2, -0.15) is 0 Å². The molecule has 0 radical (unpaired) electrons. The Morgan fingerprint density at radius 2 is 1.72 bits per heavy atom. The van der Waals surface area contributed by atoms with Crippen LogP contribution in [0, 0.1) is 6.92 Å². The normalized spacial score (nSPS) is 10.3. The second kappa shape index (κ2) is 7.23. The van der Waals surface area contributed by atoms with Crippen molar-refractivity contribution in [1.29, 1.82) is 0 Å². The van der Waals surface area contributed by atoms with E-state index in [2.05, 4.69) is 20.6 Å². The highest BCUT2D eigenvalue weighted by Gasteiger charge is 2.19. The van der Waals surface area contributed by atoms with Crippen LogP contribution in [-0.2, 0) is 0 Å². The Hall–Kier alpha value is -3.06. The first-order chi connectivity index (χ1) is 12.1. The van der Waals surface area contributed by atoms with Crippen LogP contribution in [0.25, 0.3) is 11.3 Å². The van der Waals surface area contributed by atoms with Crippen LogP contribution in [0.3, 0.4) is 0 Å². The number of pyridine rings is 1. The van der Waals surface area contributed by atoms with E-state index < -0.39 is 0 Å². The molecular weight excluding hydrogens is 336 g/mol. The fourth-order valence-electron chi connectivity index (χ4n) is 2.30. The SMILES string of the molecule is CNC(=O)c1cccc(NC(=O)c2sc(C)nc2-c2ccccc2)n1. The van der Waals surface area contributed by atoms with Gasteiger partial charge in [-0.05, 0) is 19.1 Å². The van der Waals surface area contributed by atoms with E-state index in [4.69, 9.17) is 0 Å². The molecule has 0 aliphatic carbocycles. The van der Waals surface area contributed by atoms with E-state index in [0.29, 0.717) is 16.4 Å². The third-order valence-corrected chi connectivity index (χ3v) is 4.41. The predicted molar refractivity (Wildman–Crippen MR) is 97.9 cm³/mol. The molecule has 25 heavy (non-hydrogen) atoms. The van der Waals surface area contributed by atoms with Crippen molar-refractivity contribution in [3.05, 3.63) is 64.1 Å². The molecule has 126 valence electrons. The number of amides is 2. The number of aryl methyl sites for hydroxylation is 1. The van der Waals surface area contributed by atoms with Gasteiger partial charge in [0.15, 0.2) is 0 Å². The van der Waals surface area contributed by atoms with E-state index in [-0.39, 0.29) is 17.5 Å². The Morgan fingerprint density at radius 3 is 2.44 bits per heavy atom. The van der Waals surface area contributed by atoms with Gasteiger partial charge in [0.05, 0.1) is 10.7 Å². The molecule has 0 aliphatic rings. The fraction of sp³-hybridized carbons (Fsp3) is 0.111. The summed E-state index contributed by atoms with van der Waals surface area (Å²) in [6.45, 7) is 1.86. The standard InChI is InChI=1S/C18H16N4O2S/c1-11-20-15(12-7-4-3-5-8-12)16(25-11)18(24)22-14-10-6-9-13(21-14)17(23)19-2/h3-10H,1-2H3,(H,19,23)(H,21,22,24). The summed E-state index contributed by atoms with van der Waals surface area (Å²) in [5.41, 5.74) is 1.76. The van der Waals surface area contributed by atoms with Crippen LogP contribution in [0.5, 0.6) is 0 Å². The minimum atomic E-state index is -0.310. The van der Waals surface area contributed by atoms with Crippen LogP contribution in [-0.4, -0.2) is 28.8 Å². The number of carbonyl (C=O) groups excluding carboxylic acids is 2. The maximum Gasteiger partial charge on any atom is 0.269 e. The highest BCUT2D eigenvalue weighted by molar-refractivity contribution is 7.14. The molecule has 0 bridgehead atoms. The molecule has 0 aliphatic heterocycles. The van der Waals surface area contributed by atoms with Crippen molar-refractivity contribution in [1.82, 2.24) is 15.3 Å². The number of benzene rings is 1. The number of nitrogens with zero attached hydrogens (tertiary/aromatic N) is 2. The molecule has 6 nitrogen and oxygen atoms in total. The van der Waals surface area contributed by atoms with Crippen LogP contribution < -0.4 is 10.6 Å². The van der Waals surface area contributed by atoms with Crippen molar-refractivity contribution in [3.8, 4) is 11.3 Å². The monoisotopic (exact) mass is 352 g/mol. The summed E-state index contributed by atoms with van der Waals surface area (Å²) in [7, 11) is 1.53. The summed E-state index contributed by atoms with van der Waals surface area (Å²) in [6, 6.07) is 14.4. The Balaban J connectivity index is 1.89. The molecular formula is C18H16N4O2S. The van der Waals surface area contributed by atoms with Gasteiger partial charge in [0, 0.05) is 12.6 Å². The highest BCUT2D eigenvalue weighted by atomic mass is 32.1. The predicted octanol–water partition coefficient (Wildman–Crippen LogP) is 3.13. The van der Waals surface area contributed by atoms with Crippen LogP contribution in [0.2, 0.25) is 0 Å². The Labute approximate surface area is 149 Å². The lowest BCUT2D eigenvalue weighted by atomic mass is 10.1. The van der Waals surface area contributed by atoms with Gasteiger partial charge in [0.1, 0.15) is 16.4 Å². The minimum absolute atomic E-state index is 0.240.